The fourth-order valence-electron chi connectivity index (χ4n) is 3.11. The standard InChI is InChI=1S/C18H23N5O3S/c1-26-17(25)14-8-6-13(7-9-14)10-11-19-16(24)12-27-18-20-21-22-23(18)15-4-2-3-5-15/h6-9,15H,2-5,10-12H2,1H3,(H,19,24). The molecule has 0 bridgehead atoms. The lowest BCUT2D eigenvalue weighted by Gasteiger charge is -2.10. The van der Waals surface area contributed by atoms with Crippen LogP contribution in [0.3, 0.4) is 0 Å². The van der Waals surface area contributed by atoms with Gasteiger partial charge >= 0.3 is 5.97 Å². The van der Waals surface area contributed by atoms with Crippen LogP contribution >= 0.6 is 11.8 Å². The van der Waals surface area contributed by atoms with E-state index in [1.807, 2.05) is 16.8 Å². The summed E-state index contributed by atoms with van der Waals surface area (Å²) in [7, 11) is 1.36. The molecule has 1 aromatic heterocycles. The molecule has 2 aromatic rings. The number of aromatic nitrogens is 4. The van der Waals surface area contributed by atoms with E-state index < -0.39 is 0 Å². The largest absolute Gasteiger partial charge is 0.465 e. The number of hydrogen-bond acceptors (Lipinski definition) is 7. The highest BCUT2D eigenvalue weighted by Crippen LogP contribution is 2.31. The Morgan fingerprint density at radius 2 is 2.00 bits per heavy atom. The fourth-order valence-corrected chi connectivity index (χ4v) is 3.89. The van der Waals surface area contributed by atoms with E-state index in [0.717, 1.165) is 18.4 Å². The Hall–Kier alpha value is -2.42. The van der Waals surface area contributed by atoms with Gasteiger partial charge in [-0.2, -0.15) is 0 Å². The van der Waals surface area contributed by atoms with Crippen LogP contribution in [0.1, 0.15) is 47.6 Å². The van der Waals surface area contributed by atoms with Crippen LogP contribution in [0.4, 0.5) is 0 Å². The number of carbonyl (C=O) groups excluding carboxylic acids is 2. The van der Waals surface area contributed by atoms with E-state index in [1.54, 1.807) is 12.1 Å². The lowest BCUT2D eigenvalue weighted by Crippen LogP contribution is -2.27. The molecule has 0 saturated heterocycles. The van der Waals surface area contributed by atoms with Gasteiger partial charge in [0, 0.05) is 6.54 Å². The van der Waals surface area contributed by atoms with Crippen molar-refractivity contribution in [2.75, 3.05) is 19.4 Å². The Morgan fingerprint density at radius 3 is 2.70 bits per heavy atom. The Bertz CT molecular complexity index is 772. The molecular weight excluding hydrogens is 366 g/mol. The van der Waals surface area contributed by atoms with Crippen molar-refractivity contribution in [2.45, 2.75) is 43.3 Å². The second kappa shape index (κ2) is 9.50. The van der Waals surface area contributed by atoms with Gasteiger partial charge in [0.05, 0.1) is 24.5 Å². The van der Waals surface area contributed by atoms with Crippen molar-refractivity contribution in [3.63, 3.8) is 0 Å². The summed E-state index contributed by atoms with van der Waals surface area (Å²) in [5.41, 5.74) is 1.56. The lowest BCUT2D eigenvalue weighted by molar-refractivity contribution is -0.118. The van der Waals surface area contributed by atoms with Gasteiger partial charge in [0.25, 0.3) is 0 Å². The predicted octanol–water partition coefficient (Wildman–Crippen LogP) is 2.03. The minimum absolute atomic E-state index is 0.0489. The number of nitrogens with one attached hydrogen (secondary N) is 1. The minimum Gasteiger partial charge on any atom is -0.465 e. The Kier molecular flexibility index (Phi) is 6.80. The van der Waals surface area contributed by atoms with Crippen molar-refractivity contribution in [1.29, 1.82) is 0 Å². The molecule has 1 saturated carbocycles. The van der Waals surface area contributed by atoms with Gasteiger partial charge < -0.3 is 10.1 Å². The number of amides is 1. The first kappa shape index (κ1) is 19.3. The smallest absolute Gasteiger partial charge is 0.337 e. The first-order valence-electron chi connectivity index (χ1n) is 9.02. The van der Waals surface area contributed by atoms with Gasteiger partial charge in [-0.25, -0.2) is 9.48 Å². The van der Waals surface area contributed by atoms with Gasteiger partial charge in [-0.1, -0.05) is 36.7 Å². The van der Waals surface area contributed by atoms with E-state index >= 15 is 0 Å². The molecular formula is C18H23N5O3S. The zero-order valence-electron chi connectivity index (χ0n) is 15.3. The molecule has 0 unspecified atom stereocenters. The van der Waals surface area contributed by atoms with Crippen LogP contribution in [0.5, 0.6) is 0 Å². The van der Waals surface area contributed by atoms with E-state index in [9.17, 15) is 9.59 Å². The highest BCUT2D eigenvalue weighted by Gasteiger charge is 2.22. The third-order valence-corrected chi connectivity index (χ3v) is 5.51. The monoisotopic (exact) mass is 389 g/mol. The maximum absolute atomic E-state index is 12.1. The molecule has 1 heterocycles. The second-order valence-electron chi connectivity index (χ2n) is 6.42. The summed E-state index contributed by atoms with van der Waals surface area (Å²) in [6, 6.07) is 7.54. The number of carbonyl (C=O) groups is 2. The molecule has 0 radical (unpaired) electrons. The van der Waals surface area contributed by atoms with E-state index in [2.05, 4.69) is 25.6 Å². The highest BCUT2D eigenvalue weighted by atomic mass is 32.2. The zero-order chi connectivity index (χ0) is 19.1. The van der Waals surface area contributed by atoms with Crippen LogP contribution in [0.2, 0.25) is 0 Å². The fraction of sp³-hybridized carbons (Fsp3) is 0.500. The number of rotatable bonds is 8. The van der Waals surface area contributed by atoms with Crippen molar-refractivity contribution >= 4 is 23.6 Å². The minimum atomic E-state index is -0.355. The number of tetrazole rings is 1. The van der Waals surface area contributed by atoms with Crippen LogP contribution < -0.4 is 5.32 Å². The number of hydrogen-bond donors (Lipinski definition) is 1. The van der Waals surface area contributed by atoms with Crippen molar-refractivity contribution in [3.8, 4) is 0 Å². The van der Waals surface area contributed by atoms with Crippen molar-refractivity contribution in [3.05, 3.63) is 35.4 Å². The topological polar surface area (TPSA) is 99.0 Å². The summed E-state index contributed by atoms with van der Waals surface area (Å²) in [6.07, 6.45) is 5.29. The summed E-state index contributed by atoms with van der Waals surface area (Å²) in [5.74, 6) is -0.118. The summed E-state index contributed by atoms with van der Waals surface area (Å²) >= 11 is 1.37. The summed E-state index contributed by atoms with van der Waals surface area (Å²) < 4.78 is 6.53. The Morgan fingerprint density at radius 1 is 1.26 bits per heavy atom. The Balaban J connectivity index is 1.40. The van der Waals surface area contributed by atoms with Crippen molar-refractivity contribution in [1.82, 2.24) is 25.5 Å². The number of benzene rings is 1. The Labute approximate surface area is 162 Å². The van der Waals surface area contributed by atoms with Crippen molar-refractivity contribution < 1.29 is 14.3 Å². The maximum atomic E-state index is 12.1. The van der Waals surface area contributed by atoms with Crippen LogP contribution in [0.25, 0.3) is 0 Å². The molecule has 1 aromatic carbocycles. The maximum Gasteiger partial charge on any atom is 0.337 e. The SMILES string of the molecule is COC(=O)c1ccc(CCNC(=O)CSc2nnnn2C2CCCC2)cc1. The molecule has 0 atom stereocenters. The molecule has 1 aliphatic carbocycles. The lowest BCUT2D eigenvalue weighted by atomic mass is 10.1. The third kappa shape index (κ3) is 5.29. The van der Waals surface area contributed by atoms with Gasteiger partial charge in [0.15, 0.2) is 0 Å². The number of nitrogens with zero attached hydrogens (tertiary/aromatic N) is 4. The summed E-state index contributed by atoms with van der Waals surface area (Å²) in [6.45, 7) is 0.532. The third-order valence-electron chi connectivity index (χ3n) is 4.58. The molecule has 9 heteroatoms. The average Bonchev–Trinajstić information content (AvgIpc) is 3.37. The molecule has 27 heavy (non-hydrogen) atoms. The zero-order valence-corrected chi connectivity index (χ0v) is 16.1. The van der Waals surface area contributed by atoms with Gasteiger partial charge in [-0.05, 0) is 47.4 Å². The van der Waals surface area contributed by atoms with Gasteiger partial charge in [-0.15, -0.1) is 5.10 Å². The molecule has 1 aliphatic rings. The molecule has 1 N–H and O–H groups in total. The second-order valence-corrected chi connectivity index (χ2v) is 7.36. The molecule has 1 fully saturated rings. The molecule has 3 rings (SSSR count). The number of methoxy groups -OCH3 is 1. The summed E-state index contributed by atoms with van der Waals surface area (Å²) in [4.78, 5) is 23.5. The molecule has 1 amide bonds. The number of esters is 1. The predicted molar refractivity (Wildman–Crippen MR) is 101 cm³/mol. The van der Waals surface area contributed by atoms with E-state index in [0.29, 0.717) is 29.7 Å². The quantitative estimate of drug-likeness (QED) is 0.545. The number of thioether (sulfide) groups is 1. The van der Waals surface area contributed by atoms with E-state index in [4.69, 9.17) is 0 Å². The average molecular weight is 389 g/mol. The van der Waals surface area contributed by atoms with E-state index in [-0.39, 0.29) is 17.6 Å². The van der Waals surface area contributed by atoms with Crippen LogP contribution in [-0.2, 0) is 16.0 Å². The van der Waals surface area contributed by atoms with Gasteiger partial charge in [-0.3, -0.25) is 4.79 Å². The van der Waals surface area contributed by atoms with Gasteiger partial charge in [0.2, 0.25) is 11.1 Å². The highest BCUT2D eigenvalue weighted by molar-refractivity contribution is 7.99. The van der Waals surface area contributed by atoms with Crippen LogP contribution in [-0.4, -0.2) is 51.5 Å². The molecule has 144 valence electrons. The van der Waals surface area contributed by atoms with E-state index in [1.165, 1.54) is 31.7 Å². The van der Waals surface area contributed by atoms with Crippen LogP contribution in [0.15, 0.2) is 29.4 Å². The normalized spacial score (nSPS) is 14.3. The first-order valence-corrected chi connectivity index (χ1v) is 10.0. The van der Waals surface area contributed by atoms with Crippen molar-refractivity contribution in [2.24, 2.45) is 0 Å². The first-order chi connectivity index (χ1) is 13.2. The summed E-state index contributed by atoms with van der Waals surface area (Å²) in [5, 5.41) is 15.5. The molecule has 8 nitrogen and oxygen atoms in total. The number of ether oxygens (including phenoxy) is 1. The molecule has 0 aliphatic heterocycles. The molecule has 0 spiro atoms. The van der Waals surface area contributed by atoms with Gasteiger partial charge in [0.1, 0.15) is 0 Å². The van der Waals surface area contributed by atoms with Crippen LogP contribution in [0, 0.1) is 0 Å².